The Morgan fingerprint density at radius 1 is 1.08 bits per heavy atom. The third-order valence-electron chi connectivity index (χ3n) is 3.97. The molecule has 6 nitrogen and oxygen atoms in total. The molecule has 0 fully saturated rings. The van der Waals surface area contributed by atoms with Gasteiger partial charge in [0, 0.05) is 33.0 Å². The quantitative estimate of drug-likeness (QED) is 0.484. The first-order chi connectivity index (χ1) is 12.4. The van der Waals surface area contributed by atoms with Crippen molar-refractivity contribution in [1.82, 2.24) is 10.2 Å². The predicted octanol–water partition coefficient (Wildman–Crippen LogP) is 2.24. The summed E-state index contributed by atoms with van der Waals surface area (Å²) >= 11 is 0. The summed E-state index contributed by atoms with van der Waals surface area (Å²) in [5.74, 6) is -0.378. The van der Waals surface area contributed by atoms with Crippen molar-refractivity contribution in [2.45, 2.75) is 46.5 Å². The Labute approximate surface area is 155 Å². The van der Waals surface area contributed by atoms with Crippen molar-refractivity contribution in [3.63, 3.8) is 0 Å². The van der Waals surface area contributed by atoms with E-state index in [1.54, 1.807) is 11.8 Å². The van der Waals surface area contributed by atoms with E-state index >= 15 is 0 Å². The first-order valence-corrected chi connectivity index (χ1v) is 9.15. The van der Waals surface area contributed by atoms with Gasteiger partial charge in [0.1, 0.15) is 0 Å². The number of carbonyl (C=O) groups excluding carboxylic acids is 3. The molecule has 1 rings (SSSR count). The molecule has 0 unspecified atom stereocenters. The Morgan fingerprint density at radius 3 is 2.38 bits per heavy atom. The maximum Gasteiger partial charge on any atom is 0.307 e. The Bertz CT molecular complexity index is 584. The largest absolute Gasteiger partial charge is 0.466 e. The summed E-state index contributed by atoms with van der Waals surface area (Å²) in [6.45, 7) is 6.94. The minimum absolute atomic E-state index is 0.0118. The van der Waals surface area contributed by atoms with E-state index in [0.717, 1.165) is 5.56 Å². The molecule has 1 N–H and O–H groups in total. The summed E-state index contributed by atoms with van der Waals surface area (Å²) in [7, 11) is 0. The SMILES string of the molecule is CCOC(=O)CCN(CCCNC(C)=O)C(=O)CCc1ccc(C)cc1. The van der Waals surface area contributed by atoms with E-state index in [1.165, 1.54) is 12.5 Å². The van der Waals surface area contributed by atoms with E-state index in [9.17, 15) is 14.4 Å². The highest BCUT2D eigenvalue weighted by Crippen LogP contribution is 2.08. The fourth-order valence-electron chi connectivity index (χ4n) is 2.52. The average Bonchev–Trinajstić information content (AvgIpc) is 2.60. The molecule has 0 radical (unpaired) electrons. The van der Waals surface area contributed by atoms with Gasteiger partial charge in [-0.2, -0.15) is 0 Å². The molecule has 0 aliphatic rings. The number of carbonyl (C=O) groups is 3. The number of nitrogens with one attached hydrogen (secondary N) is 1. The summed E-state index contributed by atoms with van der Waals surface area (Å²) in [5, 5.41) is 2.72. The molecule has 1 aromatic rings. The second kappa shape index (κ2) is 12.1. The van der Waals surface area contributed by atoms with Crippen LogP contribution < -0.4 is 5.32 Å². The summed E-state index contributed by atoms with van der Waals surface area (Å²) in [4.78, 5) is 36.8. The molecule has 1 aromatic carbocycles. The fourth-order valence-corrected chi connectivity index (χ4v) is 2.52. The molecule has 0 saturated heterocycles. The van der Waals surface area contributed by atoms with Gasteiger partial charge in [-0.1, -0.05) is 29.8 Å². The maximum atomic E-state index is 12.6. The van der Waals surface area contributed by atoms with Gasteiger partial charge < -0.3 is 15.0 Å². The minimum atomic E-state index is -0.300. The molecule has 0 aromatic heterocycles. The number of amides is 2. The van der Waals surface area contributed by atoms with E-state index in [0.29, 0.717) is 45.5 Å². The molecule has 0 spiro atoms. The lowest BCUT2D eigenvalue weighted by molar-refractivity contribution is -0.144. The Morgan fingerprint density at radius 2 is 1.77 bits per heavy atom. The van der Waals surface area contributed by atoms with E-state index in [1.807, 2.05) is 31.2 Å². The van der Waals surface area contributed by atoms with Crippen molar-refractivity contribution in [2.24, 2.45) is 0 Å². The highest BCUT2D eigenvalue weighted by molar-refractivity contribution is 5.77. The lowest BCUT2D eigenvalue weighted by Crippen LogP contribution is -2.36. The number of hydrogen-bond acceptors (Lipinski definition) is 4. The van der Waals surface area contributed by atoms with Crippen LogP contribution in [0.15, 0.2) is 24.3 Å². The van der Waals surface area contributed by atoms with Crippen LogP contribution in [0.2, 0.25) is 0 Å². The molecule has 26 heavy (non-hydrogen) atoms. The second-order valence-electron chi connectivity index (χ2n) is 6.26. The van der Waals surface area contributed by atoms with Crippen LogP contribution in [-0.4, -0.2) is 48.9 Å². The zero-order valence-electron chi connectivity index (χ0n) is 16.0. The van der Waals surface area contributed by atoms with Crippen LogP contribution in [0.5, 0.6) is 0 Å². The number of benzene rings is 1. The van der Waals surface area contributed by atoms with E-state index in [2.05, 4.69) is 5.32 Å². The van der Waals surface area contributed by atoms with E-state index in [-0.39, 0.29) is 24.2 Å². The van der Waals surface area contributed by atoms with Crippen LogP contribution in [0.4, 0.5) is 0 Å². The second-order valence-corrected chi connectivity index (χ2v) is 6.26. The molecule has 0 bridgehead atoms. The maximum absolute atomic E-state index is 12.6. The Kier molecular flexibility index (Phi) is 10.1. The van der Waals surface area contributed by atoms with Gasteiger partial charge in [0.15, 0.2) is 0 Å². The van der Waals surface area contributed by atoms with E-state index in [4.69, 9.17) is 4.74 Å². The summed E-state index contributed by atoms with van der Waals surface area (Å²) < 4.78 is 4.94. The molecule has 0 heterocycles. The van der Waals surface area contributed by atoms with Gasteiger partial charge in [-0.15, -0.1) is 0 Å². The number of nitrogens with zero attached hydrogens (tertiary/aromatic N) is 1. The first kappa shape index (κ1) is 21.7. The zero-order valence-corrected chi connectivity index (χ0v) is 16.0. The van der Waals surface area contributed by atoms with Gasteiger partial charge >= 0.3 is 5.97 Å². The van der Waals surface area contributed by atoms with Crippen molar-refractivity contribution in [3.05, 3.63) is 35.4 Å². The van der Waals surface area contributed by atoms with Gasteiger partial charge in [0.2, 0.25) is 11.8 Å². The van der Waals surface area contributed by atoms with Gasteiger partial charge in [-0.25, -0.2) is 0 Å². The van der Waals surface area contributed by atoms with Gasteiger partial charge in [-0.3, -0.25) is 14.4 Å². The van der Waals surface area contributed by atoms with Crippen molar-refractivity contribution in [2.75, 3.05) is 26.2 Å². The van der Waals surface area contributed by atoms with Crippen molar-refractivity contribution < 1.29 is 19.1 Å². The van der Waals surface area contributed by atoms with Crippen LogP contribution in [0.25, 0.3) is 0 Å². The smallest absolute Gasteiger partial charge is 0.307 e. The fraction of sp³-hybridized carbons (Fsp3) is 0.550. The standard InChI is InChI=1S/C20H30N2O4/c1-4-26-20(25)12-15-22(14-5-13-21-17(3)23)19(24)11-10-18-8-6-16(2)7-9-18/h6-9H,4-5,10-15H2,1-3H3,(H,21,23). The van der Waals surface area contributed by atoms with Crippen molar-refractivity contribution in [3.8, 4) is 0 Å². The van der Waals surface area contributed by atoms with E-state index < -0.39 is 0 Å². The van der Waals surface area contributed by atoms with Gasteiger partial charge in [-0.05, 0) is 32.3 Å². The van der Waals surface area contributed by atoms with Gasteiger partial charge in [0.05, 0.1) is 13.0 Å². The van der Waals surface area contributed by atoms with Crippen molar-refractivity contribution in [1.29, 1.82) is 0 Å². The van der Waals surface area contributed by atoms with Crippen LogP contribution in [0, 0.1) is 6.92 Å². The monoisotopic (exact) mass is 362 g/mol. The summed E-state index contributed by atoms with van der Waals surface area (Å²) in [5.41, 5.74) is 2.31. The lowest BCUT2D eigenvalue weighted by atomic mass is 10.1. The summed E-state index contributed by atoms with van der Waals surface area (Å²) in [6, 6.07) is 8.13. The van der Waals surface area contributed by atoms with Crippen LogP contribution >= 0.6 is 0 Å². The van der Waals surface area contributed by atoms with Crippen LogP contribution in [-0.2, 0) is 25.5 Å². The number of rotatable bonds is 11. The number of hydrogen-bond donors (Lipinski definition) is 1. The minimum Gasteiger partial charge on any atom is -0.466 e. The zero-order chi connectivity index (χ0) is 19.4. The number of aryl methyl sites for hydroxylation is 2. The molecule has 144 valence electrons. The highest BCUT2D eigenvalue weighted by Gasteiger charge is 2.15. The predicted molar refractivity (Wildman–Crippen MR) is 101 cm³/mol. The Hall–Kier alpha value is -2.37. The highest BCUT2D eigenvalue weighted by atomic mass is 16.5. The number of ether oxygens (including phenoxy) is 1. The molecular formula is C20H30N2O4. The molecule has 6 heteroatoms. The average molecular weight is 362 g/mol. The lowest BCUT2D eigenvalue weighted by Gasteiger charge is -2.22. The normalized spacial score (nSPS) is 10.3. The third kappa shape index (κ3) is 9.20. The number of esters is 1. The van der Waals surface area contributed by atoms with Gasteiger partial charge in [0.25, 0.3) is 0 Å². The first-order valence-electron chi connectivity index (χ1n) is 9.15. The Balaban J connectivity index is 2.53. The molecule has 0 saturated carbocycles. The van der Waals surface area contributed by atoms with Crippen LogP contribution in [0.1, 0.15) is 44.2 Å². The molecule has 0 aliphatic heterocycles. The molecular weight excluding hydrogens is 332 g/mol. The summed E-state index contributed by atoms with van der Waals surface area (Å²) in [6.07, 6.45) is 1.90. The van der Waals surface area contributed by atoms with Crippen molar-refractivity contribution >= 4 is 17.8 Å². The third-order valence-corrected chi connectivity index (χ3v) is 3.97. The topological polar surface area (TPSA) is 75.7 Å². The molecule has 2 amide bonds. The van der Waals surface area contributed by atoms with Crippen LogP contribution in [0.3, 0.4) is 0 Å². The molecule has 0 atom stereocenters. The molecule has 0 aliphatic carbocycles.